The van der Waals surface area contributed by atoms with E-state index in [0.717, 1.165) is 30.2 Å². The van der Waals surface area contributed by atoms with E-state index < -0.39 is 0 Å². The number of nitrogens with zero attached hydrogens (tertiary/aromatic N) is 2. The molecule has 0 N–H and O–H groups in total. The molecule has 1 aromatic heterocycles. The number of imidazole rings is 1. The van der Waals surface area contributed by atoms with Gasteiger partial charge >= 0.3 is 0 Å². The number of ether oxygens (including phenoxy) is 1. The molecule has 0 amide bonds. The first-order valence-electron chi connectivity index (χ1n) is 7.48. The molecule has 0 radical (unpaired) electrons. The van der Waals surface area contributed by atoms with Gasteiger partial charge < -0.3 is 9.30 Å². The first kappa shape index (κ1) is 14.6. The summed E-state index contributed by atoms with van der Waals surface area (Å²) >= 11 is 6.24. The topological polar surface area (TPSA) is 27.1 Å². The van der Waals surface area contributed by atoms with Crippen molar-refractivity contribution in [2.45, 2.75) is 44.5 Å². The summed E-state index contributed by atoms with van der Waals surface area (Å²) < 4.78 is 21.0. The summed E-state index contributed by atoms with van der Waals surface area (Å²) in [4.78, 5) is 4.50. The second kappa shape index (κ2) is 5.84. The molecule has 0 saturated heterocycles. The maximum absolute atomic E-state index is 13.8. The van der Waals surface area contributed by atoms with Crippen LogP contribution in [0.1, 0.15) is 43.8 Å². The summed E-state index contributed by atoms with van der Waals surface area (Å²) in [7, 11) is 1.48. The number of aryl methyl sites for hydroxylation is 1. The zero-order valence-electron chi connectivity index (χ0n) is 12.4. The van der Waals surface area contributed by atoms with Gasteiger partial charge in [0.15, 0.2) is 11.6 Å². The maximum Gasteiger partial charge on any atom is 0.167 e. The number of rotatable bonds is 6. The second-order valence-corrected chi connectivity index (χ2v) is 6.45. The predicted molar refractivity (Wildman–Crippen MR) is 82.5 cm³/mol. The van der Waals surface area contributed by atoms with Gasteiger partial charge in [0.25, 0.3) is 0 Å². The van der Waals surface area contributed by atoms with Gasteiger partial charge in [-0.2, -0.15) is 0 Å². The van der Waals surface area contributed by atoms with E-state index in [9.17, 15) is 4.39 Å². The minimum atomic E-state index is -0.388. The lowest BCUT2D eigenvalue weighted by molar-refractivity contribution is 0.387. The van der Waals surface area contributed by atoms with Crippen LogP contribution < -0.4 is 4.74 Å². The molecular weight excluding hydrogens is 291 g/mol. The molecule has 5 heteroatoms. The molecule has 114 valence electrons. The molecule has 1 saturated carbocycles. The third-order valence-electron chi connectivity index (χ3n) is 4.10. The van der Waals surface area contributed by atoms with Crippen LogP contribution in [-0.4, -0.2) is 16.7 Å². The fourth-order valence-electron chi connectivity index (χ4n) is 2.78. The summed E-state index contributed by atoms with van der Waals surface area (Å²) in [6.07, 6.45) is 5.07. The molecule has 1 aliphatic rings. The summed E-state index contributed by atoms with van der Waals surface area (Å²) in [6, 6.07) is 3.14. The van der Waals surface area contributed by atoms with E-state index in [2.05, 4.69) is 9.55 Å². The van der Waals surface area contributed by atoms with Gasteiger partial charge in [0.05, 0.1) is 23.5 Å². The van der Waals surface area contributed by atoms with Crippen LogP contribution in [0.5, 0.6) is 5.75 Å². The first-order valence-corrected chi connectivity index (χ1v) is 7.91. The molecule has 1 fully saturated rings. The number of alkyl halides is 1. The largest absolute Gasteiger partial charge is 0.494 e. The minimum Gasteiger partial charge on any atom is -0.494 e. The van der Waals surface area contributed by atoms with E-state index in [4.69, 9.17) is 16.3 Å². The maximum atomic E-state index is 13.8. The van der Waals surface area contributed by atoms with Crippen LogP contribution in [0.3, 0.4) is 0 Å². The zero-order chi connectivity index (χ0) is 15.0. The molecule has 21 heavy (non-hydrogen) atoms. The molecule has 1 aromatic carbocycles. The Morgan fingerprint density at radius 2 is 2.24 bits per heavy atom. The monoisotopic (exact) mass is 310 g/mol. The Hall–Kier alpha value is -1.29. The van der Waals surface area contributed by atoms with Crippen LogP contribution in [0.25, 0.3) is 11.0 Å². The Morgan fingerprint density at radius 1 is 1.48 bits per heavy atom. The molecule has 3 rings (SSSR count). The van der Waals surface area contributed by atoms with Gasteiger partial charge in [0, 0.05) is 18.7 Å². The van der Waals surface area contributed by atoms with Gasteiger partial charge in [-0.25, -0.2) is 9.37 Å². The van der Waals surface area contributed by atoms with Crippen LogP contribution >= 0.6 is 11.6 Å². The number of aromatic nitrogens is 2. The number of fused-ring (bicyclic) bond motifs is 1. The molecule has 0 aliphatic heterocycles. The fourth-order valence-corrected chi connectivity index (χ4v) is 2.95. The van der Waals surface area contributed by atoms with Gasteiger partial charge in [-0.05, 0) is 25.7 Å². The number of halogens is 2. The Labute approximate surface area is 129 Å². The molecule has 1 heterocycles. The van der Waals surface area contributed by atoms with Gasteiger partial charge in [-0.15, -0.1) is 11.6 Å². The van der Waals surface area contributed by atoms with E-state index in [1.165, 1.54) is 32.4 Å². The van der Waals surface area contributed by atoms with Crippen molar-refractivity contribution in [2.75, 3.05) is 7.11 Å². The summed E-state index contributed by atoms with van der Waals surface area (Å²) in [5.41, 5.74) is 1.54. The molecule has 1 atom stereocenters. The van der Waals surface area contributed by atoms with Crippen LogP contribution in [0.2, 0.25) is 0 Å². The highest BCUT2D eigenvalue weighted by Crippen LogP contribution is 2.34. The smallest absolute Gasteiger partial charge is 0.167 e. The van der Waals surface area contributed by atoms with Gasteiger partial charge in [0.1, 0.15) is 5.82 Å². The summed E-state index contributed by atoms with van der Waals surface area (Å²) in [5.74, 6) is 1.57. The Kier molecular flexibility index (Phi) is 4.07. The minimum absolute atomic E-state index is 0.201. The average molecular weight is 311 g/mol. The Bertz CT molecular complexity index is 649. The van der Waals surface area contributed by atoms with Crippen LogP contribution in [0, 0.1) is 11.7 Å². The second-order valence-electron chi connectivity index (χ2n) is 5.80. The first-order chi connectivity index (χ1) is 10.1. The lowest BCUT2D eigenvalue weighted by Gasteiger charge is -2.11. The molecular formula is C16H20ClFN2O. The average Bonchev–Trinajstić information content (AvgIpc) is 3.20. The van der Waals surface area contributed by atoms with Crippen LogP contribution in [-0.2, 0) is 6.54 Å². The van der Waals surface area contributed by atoms with E-state index in [1.54, 1.807) is 6.07 Å². The molecule has 0 spiro atoms. The Morgan fingerprint density at radius 3 is 2.86 bits per heavy atom. The number of methoxy groups -OCH3 is 1. The van der Waals surface area contributed by atoms with Gasteiger partial charge in [-0.3, -0.25) is 0 Å². The Balaban J connectivity index is 1.97. The third kappa shape index (κ3) is 3.00. The number of hydrogen-bond donors (Lipinski definition) is 0. The molecule has 0 bridgehead atoms. The normalized spacial score (nSPS) is 16.4. The van der Waals surface area contributed by atoms with Crippen molar-refractivity contribution in [3.63, 3.8) is 0 Å². The predicted octanol–water partition coefficient (Wildman–Crippen LogP) is 4.67. The third-order valence-corrected chi connectivity index (χ3v) is 4.29. The summed E-state index contributed by atoms with van der Waals surface area (Å²) in [5, 5.41) is -0.201. The highest BCUT2D eigenvalue weighted by molar-refractivity contribution is 6.20. The van der Waals surface area contributed by atoms with E-state index in [1.807, 2.05) is 6.92 Å². The highest BCUT2D eigenvalue weighted by Gasteiger charge is 2.22. The standard InChI is InChI=1S/C16H20ClFN2O/c1-10(17)16-19-13-8-12(18)15(21-2)9-14(13)20(16)7-3-4-11-5-6-11/h8-11H,3-7H2,1-2H3. The SMILES string of the molecule is COc1cc2c(cc1F)nc(C(C)Cl)n2CCCC1CC1. The number of hydrogen-bond acceptors (Lipinski definition) is 2. The van der Waals surface area contributed by atoms with Crippen molar-refractivity contribution in [1.82, 2.24) is 9.55 Å². The highest BCUT2D eigenvalue weighted by atomic mass is 35.5. The lowest BCUT2D eigenvalue weighted by Crippen LogP contribution is -2.05. The van der Waals surface area contributed by atoms with Gasteiger partial charge in [0.2, 0.25) is 0 Å². The van der Waals surface area contributed by atoms with Crippen LogP contribution in [0.4, 0.5) is 4.39 Å². The van der Waals surface area contributed by atoms with Gasteiger partial charge in [-0.1, -0.05) is 12.8 Å². The van der Waals surface area contributed by atoms with E-state index >= 15 is 0 Å². The molecule has 3 nitrogen and oxygen atoms in total. The zero-order valence-corrected chi connectivity index (χ0v) is 13.2. The molecule has 1 unspecified atom stereocenters. The van der Waals surface area contributed by atoms with Crippen LogP contribution in [0.15, 0.2) is 12.1 Å². The van der Waals surface area contributed by atoms with Crippen molar-refractivity contribution in [3.8, 4) is 5.75 Å². The van der Waals surface area contributed by atoms with Crippen molar-refractivity contribution < 1.29 is 9.13 Å². The van der Waals surface area contributed by atoms with Crippen molar-refractivity contribution in [2.24, 2.45) is 5.92 Å². The van der Waals surface area contributed by atoms with Crippen molar-refractivity contribution in [3.05, 3.63) is 23.8 Å². The summed E-state index contributed by atoms with van der Waals surface area (Å²) in [6.45, 7) is 2.77. The van der Waals surface area contributed by atoms with E-state index in [0.29, 0.717) is 5.52 Å². The van der Waals surface area contributed by atoms with Crippen molar-refractivity contribution >= 4 is 22.6 Å². The lowest BCUT2D eigenvalue weighted by atomic mass is 10.2. The molecule has 2 aromatic rings. The fraction of sp³-hybridized carbons (Fsp3) is 0.562. The number of benzene rings is 1. The molecule has 1 aliphatic carbocycles. The quantitative estimate of drug-likeness (QED) is 0.725. The van der Waals surface area contributed by atoms with Crippen molar-refractivity contribution in [1.29, 1.82) is 0 Å². The van der Waals surface area contributed by atoms with E-state index in [-0.39, 0.29) is 16.9 Å².